The fourth-order valence-corrected chi connectivity index (χ4v) is 8.07. The van der Waals surface area contributed by atoms with Crippen molar-refractivity contribution in [3.8, 4) is 0 Å². The second kappa shape index (κ2) is 65.3. The van der Waals surface area contributed by atoms with Crippen molar-refractivity contribution in [1.82, 2.24) is 0 Å². The van der Waals surface area contributed by atoms with Gasteiger partial charge >= 0.3 is 17.9 Å². The Morgan fingerprint density at radius 3 is 0.734 bits per heavy atom. The van der Waals surface area contributed by atoms with Gasteiger partial charge in [-0.2, -0.15) is 0 Å². The smallest absolute Gasteiger partial charge is 0.306 e. The number of hydrogen-bond donors (Lipinski definition) is 0. The average molecular weight is 1090 g/mol. The first-order valence-corrected chi connectivity index (χ1v) is 31.6. The van der Waals surface area contributed by atoms with Gasteiger partial charge in [0, 0.05) is 19.3 Å². The Morgan fingerprint density at radius 1 is 0.253 bits per heavy atom. The molecule has 6 heteroatoms. The molecule has 0 aliphatic carbocycles. The van der Waals surface area contributed by atoms with E-state index in [1.165, 1.54) is 44.9 Å². The Bertz CT molecular complexity index is 1820. The van der Waals surface area contributed by atoms with E-state index in [1.54, 1.807) is 0 Å². The van der Waals surface area contributed by atoms with Crippen molar-refractivity contribution in [3.05, 3.63) is 170 Å². The number of unbranched alkanes of at least 4 members (excludes halogenated alkanes) is 16. The lowest BCUT2D eigenvalue weighted by Gasteiger charge is -2.18. The van der Waals surface area contributed by atoms with Crippen LogP contribution in [0.3, 0.4) is 0 Å². The van der Waals surface area contributed by atoms with Gasteiger partial charge in [0.1, 0.15) is 13.2 Å². The van der Waals surface area contributed by atoms with Crippen LogP contribution in [-0.4, -0.2) is 37.2 Å². The lowest BCUT2D eigenvalue weighted by Crippen LogP contribution is -2.30. The maximum atomic E-state index is 12.9. The zero-order chi connectivity index (χ0) is 57.1. The first-order chi connectivity index (χ1) is 39.0. The highest BCUT2D eigenvalue weighted by molar-refractivity contribution is 5.71. The first-order valence-electron chi connectivity index (χ1n) is 31.6. The molecule has 0 aliphatic heterocycles. The maximum Gasteiger partial charge on any atom is 0.306 e. The molecule has 0 aromatic carbocycles. The van der Waals surface area contributed by atoms with Crippen molar-refractivity contribution in [1.29, 1.82) is 0 Å². The minimum Gasteiger partial charge on any atom is -0.462 e. The van der Waals surface area contributed by atoms with Crippen molar-refractivity contribution in [3.63, 3.8) is 0 Å². The zero-order valence-electron chi connectivity index (χ0n) is 50.6. The third-order valence-electron chi connectivity index (χ3n) is 12.7. The molecular weight excluding hydrogens is 973 g/mol. The molecule has 0 saturated carbocycles. The minimum atomic E-state index is -0.817. The molecule has 0 N–H and O–H groups in total. The molecule has 0 spiro atoms. The van der Waals surface area contributed by atoms with Crippen molar-refractivity contribution >= 4 is 17.9 Å². The fourth-order valence-electron chi connectivity index (χ4n) is 8.07. The molecule has 0 fully saturated rings. The van der Waals surface area contributed by atoms with Crippen LogP contribution in [0.15, 0.2) is 170 Å². The van der Waals surface area contributed by atoms with E-state index in [1.807, 2.05) is 0 Å². The summed E-state index contributed by atoms with van der Waals surface area (Å²) in [5.41, 5.74) is 0. The molecule has 0 amide bonds. The number of hydrogen-bond acceptors (Lipinski definition) is 6. The third kappa shape index (κ3) is 63.5. The van der Waals surface area contributed by atoms with Crippen LogP contribution in [0.4, 0.5) is 0 Å². The fraction of sp³-hybridized carbons (Fsp3) is 0.575. The number of allylic oxidation sites excluding steroid dienone is 28. The van der Waals surface area contributed by atoms with Crippen LogP contribution >= 0.6 is 0 Å². The molecule has 0 rings (SSSR count). The monoisotopic (exact) mass is 1090 g/mol. The Hall–Kier alpha value is -5.23. The quantitative estimate of drug-likeness (QED) is 0.0261. The summed E-state index contributed by atoms with van der Waals surface area (Å²) >= 11 is 0. The molecule has 0 aromatic heterocycles. The molecule has 6 nitrogen and oxygen atoms in total. The van der Waals surface area contributed by atoms with Gasteiger partial charge in [-0.25, -0.2) is 0 Å². The molecule has 79 heavy (non-hydrogen) atoms. The van der Waals surface area contributed by atoms with E-state index < -0.39 is 6.10 Å². The number of ether oxygens (including phenoxy) is 3. The molecule has 0 heterocycles. The number of carbonyl (C=O) groups excluding carboxylic acids is 3. The largest absolute Gasteiger partial charge is 0.462 e. The molecule has 1 unspecified atom stereocenters. The SMILES string of the molecule is CC/C=C\C/C=C\C/C=C\C/C=C\C/C=C\C/C=C\CCCCCCCCCCC(=O)OCC(COC(=O)CCCC/C=C\C/C=C\C/C=C\C/C=C\CC)OC(=O)CCCCCCCC/C=C\C/C=C\C/C=C\C/C=C\CC. The van der Waals surface area contributed by atoms with Crippen LogP contribution in [0, 0.1) is 0 Å². The van der Waals surface area contributed by atoms with E-state index in [9.17, 15) is 14.4 Å². The maximum absolute atomic E-state index is 12.9. The lowest BCUT2D eigenvalue weighted by atomic mass is 10.1. The Balaban J connectivity index is 4.46. The predicted octanol–water partition coefficient (Wildman–Crippen LogP) is 21.9. The molecule has 0 bridgehead atoms. The zero-order valence-corrected chi connectivity index (χ0v) is 50.6. The summed E-state index contributed by atoms with van der Waals surface area (Å²) < 4.78 is 16.9. The second-order valence-electron chi connectivity index (χ2n) is 20.2. The summed E-state index contributed by atoms with van der Waals surface area (Å²) in [6.45, 7) is 6.24. The van der Waals surface area contributed by atoms with Gasteiger partial charge in [0.2, 0.25) is 0 Å². The standard InChI is InChI=1S/C73H114O6/c1-4-7-10-13-16-19-22-25-28-30-32-33-34-35-36-37-38-39-41-42-45-48-51-54-57-60-63-66-72(75)78-69-70(68-77-71(74)65-62-59-56-53-50-47-44-27-24-21-18-15-12-9-6-3)79-73(76)67-64-61-58-55-52-49-46-43-40-31-29-26-23-20-17-14-11-8-5-2/h7-12,16-21,25-29,32-33,35-36,38-40,43-44,50,53,70H,4-6,13-15,22-24,30-31,34,37,41-42,45-49,51-52,54-69H2,1-3H3/b10-7-,11-8-,12-9-,19-16-,20-17-,21-18-,28-25-,29-26-,33-32-,36-35-,39-38-,43-40-,44-27-,53-50-. The highest BCUT2D eigenvalue weighted by Gasteiger charge is 2.19. The van der Waals surface area contributed by atoms with Crippen LogP contribution in [0.2, 0.25) is 0 Å². The predicted molar refractivity (Wildman–Crippen MR) is 343 cm³/mol. The molecule has 0 radical (unpaired) electrons. The van der Waals surface area contributed by atoms with E-state index in [4.69, 9.17) is 14.2 Å². The molecular formula is C73H114O6. The number of carbonyl (C=O) groups is 3. The minimum absolute atomic E-state index is 0.110. The van der Waals surface area contributed by atoms with E-state index in [0.29, 0.717) is 25.7 Å². The molecule has 0 aliphatic rings. The summed E-state index contributed by atoms with van der Waals surface area (Å²) in [5.74, 6) is -0.980. The lowest BCUT2D eigenvalue weighted by molar-refractivity contribution is -0.167. The normalized spacial score (nSPS) is 13.3. The topological polar surface area (TPSA) is 78.9 Å². The molecule has 0 saturated heterocycles. The number of rotatable bonds is 55. The highest BCUT2D eigenvalue weighted by Crippen LogP contribution is 2.14. The molecule has 0 aromatic rings. The summed E-state index contributed by atoms with van der Waals surface area (Å²) in [6.07, 6.45) is 96.4. The summed E-state index contributed by atoms with van der Waals surface area (Å²) in [6, 6.07) is 0. The molecule has 1 atom stereocenters. The number of esters is 3. The van der Waals surface area contributed by atoms with Crippen LogP contribution in [0.1, 0.15) is 252 Å². The van der Waals surface area contributed by atoms with Crippen molar-refractivity contribution < 1.29 is 28.6 Å². The molecule has 442 valence electrons. The Kier molecular flexibility index (Phi) is 61.0. The highest BCUT2D eigenvalue weighted by atomic mass is 16.6. The Morgan fingerprint density at radius 2 is 0.456 bits per heavy atom. The van der Waals surface area contributed by atoms with Crippen molar-refractivity contribution in [2.45, 2.75) is 258 Å². The Labute approximate surface area is 485 Å². The summed E-state index contributed by atoms with van der Waals surface area (Å²) in [5, 5.41) is 0. The van der Waals surface area contributed by atoms with Crippen LogP contribution < -0.4 is 0 Å². The average Bonchev–Trinajstić information content (AvgIpc) is 3.45. The van der Waals surface area contributed by atoms with Crippen LogP contribution in [0.5, 0.6) is 0 Å². The van der Waals surface area contributed by atoms with Gasteiger partial charge in [-0.1, -0.05) is 255 Å². The van der Waals surface area contributed by atoms with Gasteiger partial charge in [0.15, 0.2) is 6.10 Å². The third-order valence-corrected chi connectivity index (χ3v) is 12.7. The van der Waals surface area contributed by atoms with Crippen molar-refractivity contribution in [2.75, 3.05) is 13.2 Å². The van der Waals surface area contributed by atoms with Gasteiger partial charge in [-0.3, -0.25) is 14.4 Å². The van der Waals surface area contributed by atoms with Gasteiger partial charge in [-0.05, 0) is 148 Å². The van der Waals surface area contributed by atoms with E-state index in [2.05, 4.69) is 191 Å². The summed E-state index contributed by atoms with van der Waals surface area (Å²) in [4.78, 5) is 38.3. The van der Waals surface area contributed by atoms with Crippen molar-refractivity contribution in [2.24, 2.45) is 0 Å². The van der Waals surface area contributed by atoms with E-state index in [0.717, 1.165) is 161 Å². The van der Waals surface area contributed by atoms with E-state index >= 15 is 0 Å². The van der Waals surface area contributed by atoms with Gasteiger partial charge in [0.25, 0.3) is 0 Å². The van der Waals surface area contributed by atoms with Crippen LogP contribution in [0.25, 0.3) is 0 Å². The van der Waals surface area contributed by atoms with Gasteiger partial charge in [0.05, 0.1) is 0 Å². The van der Waals surface area contributed by atoms with E-state index in [-0.39, 0.29) is 31.1 Å². The first kappa shape index (κ1) is 73.8. The summed E-state index contributed by atoms with van der Waals surface area (Å²) in [7, 11) is 0. The van der Waals surface area contributed by atoms with Gasteiger partial charge in [-0.15, -0.1) is 0 Å². The van der Waals surface area contributed by atoms with Gasteiger partial charge < -0.3 is 14.2 Å². The van der Waals surface area contributed by atoms with Crippen LogP contribution in [-0.2, 0) is 28.6 Å². The second-order valence-corrected chi connectivity index (χ2v) is 20.2.